The van der Waals surface area contributed by atoms with Gasteiger partial charge in [0.2, 0.25) is 0 Å². The monoisotopic (exact) mass is 295 g/mol. The molecular weight excluding hydrogens is 278 g/mol. The molecule has 6 nitrogen and oxygen atoms in total. The van der Waals surface area contributed by atoms with Gasteiger partial charge in [-0.25, -0.2) is 9.67 Å². The maximum absolute atomic E-state index is 5.81. The van der Waals surface area contributed by atoms with Gasteiger partial charge in [0.05, 0.1) is 29.1 Å². The number of hydrogen-bond acceptors (Lipinski definition) is 5. The number of ether oxygens (including phenoxy) is 1. The molecule has 0 radical (unpaired) electrons. The highest BCUT2D eigenvalue weighted by Crippen LogP contribution is 2.25. The van der Waals surface area contributed by atoms with Crippen molar-refractivity contribution in [3.8, 4) is 11.3 Å². The lowest BCUT2D eigenvalue weighted by molar-refractivity contribution is -0.0394. The molecule has 2 N–H and O–H groups in total. The van der Waals surface area contributed by atoms with E-state index < -0.39 is 0 Å². The first kappa shape index (κ1) is 13.2. The van der Waals surface area contributed by atoms with Crippen LogP contribution in [0.5, 0.6) is 0 Å². The summed E-state index contributed by atoms with van der Waals surface area (Å²) < 4.78 is 7.62. The summed E-state index contributed by atoms with van der Waals surface area (Å²) in [6, 6.07) is 5.54. The summed E-state index contributed by atoms with van der Waals surface area (Å²) in [4.78, 5) is 9.06. The Hall–Kier alpha value is -2.47. The number of nitrogen functional groups attached to an aromatic ring is 1. The third-order valence-electron chi connectivity index (χ3n) is 3.91. The first-order valence-corrected chi connectivity index (χ1v) is 7.48. The van der Waals surface area contributed by atoms with Gasteiger partial charge in [-0.2, -0.15) is 5.10 Å². The van der Waals surface area contributed by atoms with E-state index in [1.165, 1.54) is 6.42 Å². The Kier molecular flexibility index (Phi) is 3.23. The molecule has 0 spiro atoms. The van der Waals surface area contributed by atoms with Crippen molar-refractivity contribution in [1.29, 1.82) is 0 Å². The van der Waals surface area contributed by atoms with Crippen LogP contribution in [0.4, 0.5) is 5.69 Å². The van der Waals surface area contributed by atoms with Gasteiger partial charge in [-0.1, -0.05) is 0 Å². The SMILES string of the molecule is Nc1ccc2ncc(-c3cnn(C4CCCCO4)c3)nc2c1. The lowest BCUT2D eigenvalue weighted by atomic mass is 10.2. The number of rotatable bonds is 2. The van der Waals surface area contributed by atoms with E-state index in [4.69, 9.17) is 10.5 Å². The van der Waals surface area contributed by atoms with Crippen molar-refractivity contribution in [3.63, 3.8) is 0 Å². The molecule has 0 bridgehead atoms. The molecule has 3 heterocycles. The van der Waals surface area contributed by atoms with Gasteiger partial charge < -0.3 is 10.5 Å². The van der Waals surface area contributed by atoms with E-state index in [9.17, 15) is 0 Å². The topological polar surface area (TPSA) is 78.8 Å². The van der Waals surface area contributed by atoms with Crippen LogP contribution in [0.1, 0.15) is 25.5 Å². The average Bonchev–Trinajstić information content (AvgIpc) is 3.05. The first-order valence-electron chi connectivity index (χ1n) is 7.48. The molecule has 1 aromatic carbocycles. The Morgan fingerprint density at radius 1 is 1.18 bits per heavy atom. The molecule has 112 valence electrons. The predicted molar refractivity (Wildman–Crippen MR) is 84.0 cm³/mol. The molecule has 0 saturated carbocycles. The van der Waals surface area contributed by atoms with Crippen LogP contribution in [0, 0.1) is 0 Å². The second kappa shape index (κ2) is 5.38. The number of hydrogen-bond donors (Lipinski definition) is 1. The summed E-state index contributed by atoms with van der Waals surface area (Å²) in [6.45, 7) is 0.801. The van der Waals surface area contributed by atoms with Crippen LogP contribution in [-0.2, 0) is 4.74 Å². The molecule has 3 aromatic rings. The summed E-state index contributed by atoms with van der Waals surface area (Å²) in [5, 5.41) is 4.41. The molecule has 0 aliphatic carbocycles. The highest BCUT2D eigenvalue weighted by atomic mass is 16.5. The maximum atomic E-state index is 5.81. The van der Waals surface area contributed by atoms with Gasteiger partial charge in [0.25, 0.3) is 0 Å². The van der Waals surface area contributed by atoms with Crippen molar-refractivity contribution < 1.29 is 4.74 Å². The summed E-state index contributed by atoms with van der Waals surface area (Å²) in [7, 11) is 0. The van der Waals surface area contributed by atoms with Crippen LogP contribution >= 0.6 is 0 Å². The smallest absolute Gasteiger partial charge is 0.150 e. The summed E-state index contributed by atoms with van der Waals surface area (Å²) in [5.41, 5.74) is 9.85. The van der Waals surface area contributed by atoms with Crippen LogP contribution < -0.4 is 5.73 Å². The van der Waals surface area contributed by atoms with Gasteiger partial charge in [-0.15, -0.1) is 0 Å². The normalized spacial score (nSPS) is 18.6. The van der Waals surface area contributed by atoms with E-state index in [1.54, 1.807) is 12.4 Å². The third-order valence-corrected chi connectivity index (χ3v) is 3.91. The maximum Gasteiger partial charge on any atom is 0.150 e. The van der Waals surface area contributed by atoms with Crippen LogP contribution in [0.3, 0.4) is 0 Å². The number of nitrogens with zero attached hydrogens (tertiary/aromatic N) is 4. The number of anilines is 1. The molecule has 1 saturated heterocycles. The van der Waals surface area contributed by atoms with Crippen LogP contribution in [0.25, 0.3) is 22.3 Å². The molecule has 1 unspecified atom stereocenters. The lowest BCUT2D eigenvalue weighted by Crippen LogP contribution is -2.18. The Balaban J connectivity index is 1.68. The van der Waals surface area contributed by atoms with Gasteiger partial charge in [0.15, 0.2) is 0 Å². The quantitative estimate of drug-likeness (QED) is 0.735. The van der Waals surface area contributed by atoms with E-state index in [-0.39, 0.29) is 6.23 Å². The van der Waals surface area contributed by atoms with Crippen molar-refractivity contribution in [1.82, 2.24) is 19.7 Å². The van der Waals surface area contributed by atoms with Crippen molar-refractivity contribution >= 4 is 16.7 Å². The molecular formula is C16H17N5O. The third kappa shape index (κ3) is 2.42. The zero-order chi connectivity index (χ0) is 14.9. The first-order chi connectivity index (χ1) is 10.8. The zero-order valence-corrected chi connectivity index (χ0v) is 12.1. The minimum absolute atomic E-state index is 0.0339. The van der Waals surface area contributed by atoms with Crippen LogP contribution in [-0.4, -0.2) is 26.4 Å². The highest BCUT2D eigenvalue weighted by molar-refractivity contribution is 5.80. The van der Waals surface area contributed by atoms with Crippen molar-refractivity contribution in [3.05, 3.63) is 36.8 Å². The summed E-state index contributed by atoms with van der Waals surface area (Å²) >= 11 is 0. The second-order valence-electron chi connectivity index (χ2n) is 5.53. The van der Waals surface area contributed by atoms with Crippen LogP contribution in [0.2, 0.25) is 0 Å². The largest absolute Gasteiger partial charge is 0.399 e. The Morgan fingerprint density at radius 2 is 2.14 bits per heavy atom. The number of nitrogens with two attached hydrogens (primary N) is 1. The molecule has 22 heavy (non-hydrogen) atoms. The van der Waals surface area contributed by atoms with Gasteiger partial charge in [-0.05, 0) is 37.5 Å². The fourth-order valence-electron chi connectivity index (χ4n) is 2.73. The lowest BCUT2D eigenvalue weighted by Gasteiger charge is -2.22. The molecule has 2 aromatic heterocycles. The van der Waals surface area contributed by atoms with E-state index in [1.807, 2.05) is 29.1 Å². The van der Waals surface area contributed by atoms with Gasteiger partial charge in [0, 0.05) is 24.1 Å². The Bertz CT molecular complexity index is 807. The molecule has 1 atom stereocenters. The number of aromatic nitrogens is 4. The minimum atomic E-state index is 0.0339. The second-order valence-corrected chi connectivity index (χ2v) is 5.53. The Labute approximate surface area is 127 Å². The van der Waals surface area contributed by atoms with E-state index in [2.05, 4.69) is 15.1 Å². The minimum Gasteiger partial charge on any atom is -0.399 e. The number of fused-ring (bicyclic) bond motifs is 1. The molecule has 4 rings (SSSR count). The van der Waals surface area contributed by atoms with Crippen molar-refractivity contribution in [2.45, 2.75) is 25.5 Å². The predicted octanol–water partition coefficient (Wildman–Crippen LogP) is 2.77. The van der Waals surface area contributed by atoms with E-state index in [0.29, 0.717) is 5.69 Å². The zero-order valence-electron chi connectivity index (χ0n) is 12.1. The fraction of sp³-hybridized carbons (Fsp3) is 0.312. The molecule has 1 aliphatic heterocycles. The van der Waals surface area contributed by atoms with Gasteiger partial charge in [-0.3, -0.25) is 4.98 Å². The average molecular weight is 295 g/mol. The fourth-order valence-corrected chi connectivity index (χ4v) is 2.73. The van der Waals surface area contributed by atoms with E-state index >= 15 is 0 Å². The summed E-state index contributed by atoms with van der Waals surface area (Å²) in [6.07, 6.45) is 8.88. The Morgan fingerprint density at radius 3 is 3.00 bits per heavy atom. The van der Waals surface area contributed by atoms with Crippen molar-refractivity contribution in [2.24, 2.45) is 0 Å². The summed E-state index contributed by atoms with van der Waals surface area (Å²) in [5.74, 6) is 0. The molecule has 0 amide bonds. The molecule has 1 aliphatic rings. The number of benzene rings is 1. The molecule has 6 heteroatoms. The highest BCUT2D eigenvalue weighted by Gasteiger charge is 2.17. The standard InChI is InChI=1S/C16H17N5O/c17-12-4-5-13-14(7-12)20-15(9-18-13)11-8-19-21(10-11)16-3-1-2-6-22-16/h4-5,7-10,16H,1-3,6,17H2. The van der Waals surface area contributed by atoms with E-state index in [0.717, 1.165) is 41.7 Å². The van der Waals surface area contributed by atoms with Crippen LogP contribution in [0.15, 0.2) is 36.8 Å². The van der Waals surface area contributed by atoms with Gasteiger partial charge in [0.1, 0.15) is 6.23 Å². The van der Waals surface area contributed by atoms with Gasteiger partial charge >= 0.3 is 0 Å². The molecule has 1 fully saturated rings. The van der Waals surface area contributed by atoms with Crippen molar-refractivity contribution in [2.75, 3.05) is 12.3 Å².